The summed E-state index contributed by atoms with van der Waals surface area (Å²) in [6, 6.07) is 9.15. The van der Waals surface area contributed by atoms with Crippen LogP contribution < -0.4 is 5.73 Å². The van der Waals surface area contributed by atoms with Crippen molar-refractivity contribution in [3.05, 3.63) is 52.3 Å². The van der Waals surface area contributed by atoms with E-state index in [2.05, 4.69) is 0 Å². The Labute approximate surface area is 130 Å². The third kappa shape index (κ3) is 2.50. The number of hydrogen-bond acceptors (Lipinski definition) is 4. The van der Waals surface area contributed by atoms with Gasteiger partial charge in [-0.1, -0.05) is 17.7 Å². The standard InChI is InChI=1S/C15H13ClN2O2S/c1-18(8-9-4-3-7-20-9)15(19)14-13(17)12-10(16)5-2-6-11(12)21-14/h2-7H,8,17H2,1H3. The van der Waals surface area contributed by atoms with Crippen LogP contribution in [0.1, 0.15) is 15.4 Å². The molecular weight excluding hydrogens is 308 g/mol. The zero-order valence-electron chi connectivity index (χ0n) is 11.3. The van der Waals surface area contributed by atoms with Gasteiger partial charge in [-0.05, 0) is 24.3 Å². The van der Waals surface area contributed by atoms with E-state index in [0.717, 1.165) is 15.8 Å². The summed E-state index contributed by atoms with van der Waals surface area (Å²) in [6.07, 6.45) is 1.58. The molecule has 0 saturated heterocycles. The lowest BCUT2D eigenvalue weighted by atomic mass is 10.2. The summed E-state index contributed by atoms with van der Waals surface area (Å²) in [7, 11) is 1.72. The molecular formula is C15H13ClN2O2S. The van der Waals surface area contributed by atoms with Crippen LogP contribution in [0.15, 0.2) is 41.0 Å². The van der Waals surface area contributed by atoms with Gasteiger partial charge in [-0.15, -0.1) is 11.3 Å². The lowest BCUT2D eigenvalue weighted by Crippen LogP contribution is -2.25. The number of carbonyl (C=O) groups is 1. The Morgan fingerprint density at radius 1 is 1.38 bits per heavy atom. The molecule has 0 aliphatic heterocycles. The van der Waals surface area contributed by atoms with E-state index in [9.17, 15) is 4.79 Å². The predicted octanol–water partition coefficient (Wildman–Crippen LogP) is 4.00. The highest BCUT2D eigenvalue weighted by Crippen LogP contribution is 2.38. The van der Waals surface area contributed by atoms with Crippen LogP contribution in [-0.2, 0) is 6.54 Å². The molecule has 21 heavy (non-hydrogen) atoms. The number of thiophene rings is 1. The van der Waals surface area contributed by atoms with Gasteiger partial charge in [-0.25, -0.2) is 0 Å². The lowest BCUT2D eigenvalue weighted by Gasteiger charge is -2.15. The molecule has 1 amide bonds. The highest BCUT2D eigenvalue weighted by Gasteiger charge is 2.21. The van der Waals surface area contributed by atoms with Crippen molar-refractivity contribution in [2.45, 2.75) is 6.54 Å². The largest absolute Gasteiger partial charge is 0.467 e. The van der Waals surface area contributed by atoms with Gasteiger partial charge in [0.15, 0.2) is 0 Å². The highest BCUT2D eigenvalue weighted by molar-refractivity contribution is 7.21. The molecule has 0 aliphatic carbocycles. The summed E-state index contributed by atoms with van der Waals surface area (Å²) in [5.74, 6) is 0.588. The summed E-state index contributed by atoms with van der Waals surface area (Å²) in [5.41, 5.74) is 6.55. The van der Waals surface area contributed by atoms with Crippen molar-refractivity contribution in [2.75, 3.05) is 12.8 Å². The number of hydrogen-bond donors (Lipinski definition) is 1. The first-order valence-electron chi connectivity index (χ1n) is 6.32. The fourth-order valence-electron chi connectivity index (χ4n) is 2.17. The Morgan fingerprint density at radius 3 is 2.86 bits per heavy atom. The summed E-state index contributed by atoms with van der Waals surface area (Å²) in [4.78, 5) is 14.6. The molecule has 2 heterocycles. The fourth-order valence-corrected chi connectivity index (χ4v) is 3.65. The number of halogens is 1. The first-order chi connectivity index (χ1) is 10.1. The van der Waals surface area contributed by atoms with Crippen molar-refractivity contribution in [1.29, 1.82) is 0 Å². The third-order valence-corrected chi connectivity index (χ3v) is 4.69. The zero-order chi connectivity index (χ0) is 15.0. The van der Waals surface area contributed by atoms with Crippen LogP contribution in [0, 0.1) is 0 Å². The molecule has 0 saturated carbocycles. The number of rotatable bonds is 3. The maximum atomic E-state index is 12.5. The van der Waals surface area contributed by atoms with Crippen LogP contribution in [0.5, 0.6) is 0 Å². The van der Waals surface area contributed by atoms with E-state index >= 15 is 0 Å². The predicted molar refractivity (Wildman–Crippen MR) is 85.8 cm³/mol. The zero-order valence-corrected chi connectivity index (χ0v) is 12.9. The molecule has 3 rings (SSSR count). The van der Waals surface area contributed by atoms with Gasteiger partial charge in [0.1, 0.15) is 10.6 Å². The van der Waals surface area contributed by atoms with E-state index in [0.29, 0.717) is 22.1 Å². The average Bonchev–Trinajstić information content (AvgIpc) is 3.07. The van der Waals surface area contributed by atoms with Gasteiger partial charge in [-0.2, -0.15) is 0 Å². The first-order valence-corrected chi connectivity index (χ1v) is 7.51. The average molecular weight is 321 g/mol. The van der Waals surface area contributed by atoms with Gasteiger partial charge in [0.25, 0.3) is 5.91 Å². The molecule has 0 spiro atoms. The number of amides is 1. The van der Waals surface area contributed by atoms with Gasteiger partial charge >= 0.3 is 0 Å². The molecule has 4 nitrogen and oxygen atoms in total. The van der Waals surface area contributed by atoms with Crippen molar-refractivity contribution < 1.29 is 9.21 Å². The molecule has 0 bridgehead atoms. The third-order valence-electron chi connectivity index (χ3n) is 3.22. The van der Waals surface area contributed by atoms with Crippen LogP contribution in [0.4, 0.5) is 5.69 Å². The Morgan fingerprint density at radius 2 is 2.19 bits per heavy atom. The Bertz CT molecular complexity index is 795. The van der Waals surface area contributed by atoms with Crippen molar-refractivity contribution in [3.63, 3.8) is 0 Å². The minimum absolute atomic E-state index is 0.138. The van der Waals surface area contributed by atoms with Crippen LogP contribution >= 0.6 is 22.9 Å². The molecule has 2 N–H and O–H groups in total. The molecule has 6 heteroatoms. The number of anilines is 1. The molecule has 0 fully saturated rings. The smallest absolute Gasteiger partial charge is 0.266 e. The number of benzene rings is 1. The maximum Gasteiger partial charge on any atom is 0.266 e. The number of nitrogen functional groups attached to an aromatic ring is 1. The topological polar surface area (TPSA) is 59.5 Å². The molecule has 2 aromatic heterocycles. The second-order valence-corrected chi connectivity index (χ2v) is 6.16. The summed E-state index contributed by atoms with van der Waals surface area (Å²) < 4.78 is 6.17. The van der Waals surface area contributed by atoms with Crippen LogP contribution in [0.25, 0.3) is 10.1 Å². The molecule has 0 radical (unpaired) electrons. The van der Waals surface area contributed by atoms with Crippen LogP contribution in [0.2, 0.25) is 5.02 Å². The monoisotopic (exact) mass is 320 g/mol. The minimum Gasteiger partial charge on any atom is -0.467 e. The normalized spacial score (nSPS) is 11.0. The van der Waals surface area contributed by atoms with E-state index < -0.39 is 0 Å². The molecule has 0 atom stereocenters. The van der Waals surface area contributed by atoms with E-state index in [-0.39, 0.29) is 5.91 Å². The van der Waals surface area contributed by atoms with E-state index in [4.69, 9.17) is 21.8 Å². The van der Waals surface area contributed by atoms with Crippen molar-refractivity contribution >= 4 is 44.6 Å². The SMILES string of the molecule is CN(Cc1ccco1)C(=O)c1sc2cccc(Cl)c2c1N. The van der Waals surface area contributed by atoms with E-state index in [1.165, 1.54) is 11.3 Å². The fraction of sp³-hybridized carbons (Fsp3) is 0.133. The van der Waals surface area contributed by atoms with Crippen molar-refractivity contribution in [3.8, 4) is 0 Å². The molecule has 1 aromatic carbocycles. The van der Waals surface area contributed by atoms with E-state index in [1.54, 1.807) is 30.3 Å². The molecule has 0 aliphatic rings. The Balaban J connectivity index is 1.94. The van der Waals surface area contributed by atoms with Gasteiger partial charge < -0.3 is 15.1 Å². The molecule has 3 aromatic rings. The number of fused-ring (bicyclic) bond motifs is 1. The second kappa shape index (κ2) is 5.42. The maximum absolute atomic E-state index is 12.5. The summed E-state index contributed by atoms with van der Waals surface area (Å²) in [5, 5.41) is 1.31. The highest BCUT2D eigenvalue weighted by atomic mass is 35.5. The minimum atomic E-state index is -0.138. The van der Waals surface area contributed by atoms with Crippen molar-refractivity contribution in [1.82, 2.24) is 4.90 Å². The van der Waals surface area contributed by atoms with E-state index in [1.807, 2.05) is 18.2 Å². The molecule has 108 valence electrons. The Hall–Kier alpha value is -1.98. The van der Waals surface area contributed by atoms with Gasteiger partial charge in [0, 0.05) is 17.1 Å². The van der Waals surface area contributed by atoms with Gasteiger partial charge in [0.2, 0.25) is 0 Å². The van der Waals surface area contributed by atoms with Gasteiger partial charge in [0.05, 0.1) is 23.5 Å². The summed E-state index contributed by atoms with van der Waals surface area (Å²) >= 11 is 7.52. The van der Waals surface area contributed by atoms with Crippen molar-refractivity contribution in [2.24, 2.45) is 0 Å². The first kappa shape index (κ1) is 14.0. The quantitative estimate of drug-likeness (QED) is 0.793. The van der Waals surface area contributed by atoms with Gasteiger partial charge in [-0.3, -0.25) is 4.79 Å². The number of nitrogens with two attached hydrogens (primary N) is 1. The molecule has 0 unspecified atom stereocenters. The van der Waals surface area contributed by atoms with Crippen LogP contribution in [0.3, 0.4) is 0 Å². The number of carbonyl (C=O) groups excluding carboxylic acids is 1. The van der Waals surface area contributed by atoms with Crippen LogP contribution in [-0.4, -0.2) is 17.9 Å². The lowest BCUT2D eigenvalue weighted by molar-refractivity contribution is 0.0781. The summed E-state index contributed by atoms with van der Waals surface area (Å²) in [6.45, 7) is 0.396. The number of furan rings is 1. The Kier molecular flexibility index (Phi) is 3.61. The number of nitrogens with zero attached hydrogens (tertiary/aromatic N) is 1. The second-order valence-electron chi connectivity index (χ2n) is 4.70.